The minimum absolute atomic E-state index is 0. The van der Waals surface area contributed by atoms with Gasteiger partial charge in [0.2, 0.25) is 5.91 Å². The molecule has 2 aromatic rings. The number of halogens is 3. The first-order chi connectivity index (χ1) is 10.4. The number of benzene rings is 2. The zero-order valence-electron chi connectivity index (χ0n) is 11.7. The van der Waals surface area contributed by atoms with Gasteiger partial charge in [-0.05, 0) is 0 Å². The van der Waals surface area contributed by atoms with Crippen LogP contribution in [0.1, 0.15) is 0 Å². The maximum Gasteiger partial charge on any atom is 3.00 e. The number of nitrogens with two attached hydrogens (primary N) is 1. The molecule has 23 heavy (non-hydrogen) atoms. The van der Waals surface area contributed by atoms with E-state index in [1.165, 1.54) is 30.7 Å². The molecule has 2 aromatic carbocycles. The zero-order chi connectivity index (χ0) is 16.5. The Bertz CT molecular complexity index is 642. The fourth-order valence-electron chi connectivity index (χ4n) is 1.29. The van der Waals surface area contributed by atoms with Crippen LogP contribution in [0.4, 0.5) is 18.9 Å². The topological polar surface area (TPSA) is 63.4 Å². The number of amides is 2. The third-order valence-corrected chi connectivity index (χ3v) is 2.23. The van der Waals surface area contributed by atoms with Crippen LogP contribution in [-0.2, 0) is 42.3 Å². The zero-order valence-corrected chi connectivity index (χ0v) is 14.6. The average molecular weight is 396 g/mol. The van der Waals surface area contributed by atoms with Crippen molar-refractivity contribution in [1.82, 2.24) is 0 Å². The summed E-state index contributed by atoms with van der Waals surface area (Å²) in [4.78, 5) is 21.6. The molecule has 0 atom stereocenters. The smallest absolute Gasteiger partial charge is 0.491 e. The molecule has 4 nitrogen and oxygen atoms in total. The molecule has 0 bridgehead atoms. The number of hydrogen-bond donors (Lipinski definition) is 1. The molecule has 0 radical (unpaired) electrons. The fourth-order valence-corrected chi connectivity index (χ4v) is 1.29. The average Bonchev–Trinajstić information content (AvgIpc) is 2.49. The van der Waals surface area contributed by atoms with E-state index in [-0.39, 0.29) is 44.2 Å². The van der Waals surface area contributed by atoms with Crippen molar-refractivity contribution >= 4 is 18.0 Å². The summed E-state index contributed by atoms with van der Waals surface area (Å²) in [6, 6.07) is 12.3. The molecule has 2 N–H and O–H groups in total. The standard InChI is InChI=1S/C9H6F2N2O2.C6H4F.Y/c10-7-2-1-6(3-8(7)11)13(5-14)4-9(12)15;7-6-4-2-1-3-5-6;/h1-2H,4H2,(H2,12,15);2-5H;/q-2;-1;+3. The first-order valence-electron chi connectivity index (χ1n) is 5.86. The van der Waals surface area contributed by atoms with Crippen LogP contribution in [0.3, 0.4) is 0 Å². The molecular weight excluding hydrogens is 386 g/mol. The van der Waals surface area contributed by atoms with E-state index in [2.05, 4.69) is 6.07 Å². The third kappa shape index (κ3) is 7.90. The molecule has 0 fully saturated rings. The molecule has 0 saturated carbocycles. The van der Waals surface area contributed by atoms with Crippen molar-refractivity contribution in [1.29, 1.82) is 0 Å². The molecule has 0 saturated heterocycles. The van der Waals surface area contributed by atoms with Gasteiger partial charge in [0.25, 0.3) is 0 Å². The third-order valence-electron chi connectivity index (χ3n) is 2.23. The Morgan fingerprint density at radius 3 is 2.17 bits per heavy atom. The Labute approximate surface area is 156 Å². The first kappa shape index (κ1) is 21.3. The number of nitrogens with zero attached hydrogens (tertiary/aromatic N) is 1. The Morgan fingerprint density at radius 1 is 1.17 bits per heavy atom. The predicted molar refractivity (Wildman–Crippen MR) is 72.7 cm³/mol. The number of hydrogen-bond acceptors (Lipinski definition) is 2. The molecule has 0 aromatic heterocycles. The van der Waals surface area contributed by atoms with Crippen LogP contribution in [0, 0.1) is 29.6 Å². The van der Waals surface area contributed by atoms with Crippen LogP contribution < -0.4 is 10.6 Å². The van der Waals surface area contributed by atoms with Crippen LogP contribution in [-0.4, -0.2) is 18.9 Å². The van der Waals surface area contributed by atoms with Gasteiger partial charge in [-0.25, -0.2) is 26.6 Å². The van der Waals surface area contributed by atoms with E-state index in [0.717, 1.165) is 12.1 Å². The van der Waals surface area contributed by atoms with Crippen molar-refractivity contribution in [3.8, 4) is 0 Å². The summed E-state index contributed by atoms with van der Waals surface area (Å²) >= 11 is 0. The molecule has 0 unspecified atom stereocenters. The van der Waals surface area contributed by atoms with Gasteiger partial charge in [0.05, 0.1) is 13.0 Å². The van der Waals surface area contributed by atoms with Gasteiger partial charge in [-0.15, -0.1) is 12.1 Å². The van der Waals surface area contributed by atoms with Crippen LogP contribution in [0.25, 0.3) is 0 Å². The maximum atomic E-state index is 12.7. The van der Waals surface area contributed by atoms with Crippen molar-refractivity contribution in [3.05, 3.63) is 66.0 Å². The van der Waals surface area contributed by atoms with Gasteiger partial charge in [-0.2, -0.15) is 24.3 Å². The molecular formula is C15H10F3N2O2Y. The van der Waals surface area contributed by atoms with Gasteiger partial charge in [-0.1, -0.05) is 0 Å². The summed E-state index contributed by atoms with van der Waals surface area (Å²) in [7, 11) is 0. The van der Waals surface area contributed by atoms with Gasteiger partial charge in [0.15, 0.2) is 0 Å². The van der Waals surface area contributed by atoms with Crippen LogP contribution in [0.2, 0.25) is 0 Å². The molecule has 0 heterocycles. The molecule has 0 spiro atoms. The van der Waals surface area contributed by atoms with E-state index in [4.69, 9.17) is 5.73 Å². The second-order valence-corrected chi connectivity index (χ2v) is 3.87. The van der Waals surface area contributed by atoms with Crippen LogP contribution in [0.5, 0.6) is 0 Å². The quantitative estimate of drug-likeness (QED) is 0.633. The van der Waals surface area contributed by atoms with Gasteiger partial charge in [0, 0.05) is 17.5 Å². The van der Waals surface area contributed by atoms with Gasteiger partial charge < -0.3 is 15.4 Å². The van der Waals surface area contributed by atoms with Gasteiger partial charge in [0.1, 0.15) is 0 Å². The summed E-state index contributed by atoms with van der Waals surface area (Å²) < 4.78 is 37.1. The van der Waals surface area contributed by atoms with Crippen molar-refractivity contribution in [2.45, 2.75) is 0 Å². The Hall–Kier alpha value is -1.73. The Balaban J connectivity index is 0.000000509. The van der Waals surface area contributed by atoms with Crippen molar-refractivity contribution in [3.63, 3.8) is 0 Å². The molecule has 0 aliphatic carbocycles. The molecule has 2 amide bonds. The largest absolute Gasteiger partial charge is 3.00 e. The van der Waals surface area contributed by atoms with Crippen LogP contribution >= 0.6 is 0 Å². The van der Waals surface area contributed by atoms with E-state index < -0.39 is 24.1 Å². The monoisotopic (exact) mass is 396 g/mol. The first-order valence-corrected chi connectivity index (χ1v) is 5.86. The predicted octanol–water partition coefficient (Wildman–Crippen LogP) is 1.75. The van der Waals surface area contributed by atoms with E-state index in [9.17, 15) is 22.8 Å². The molecule has 8 heteroatoms. The maximum absolute atomic E-state index is 12.7. The summed E-state index contributed by atoms with van der Waals surface area (Å²) in [6.07, 6.45) is 1.36. The minimum Gasteiger partial charge on any atom is -0.491 e. The van der Waals surface area contributed by atoms with Crippen molar-refractivity contribution in [2.24, 2.45) is 5.73 Å². The minimum atomic E-state index is -1.24. The van der Waals surface area contributed by atoms with E-state index >= 15 is 0 Å². The summed E-state index contributed by atoms with van der Waals surface area (Å²) in [6.45, 7) is -0.467. The molecule has 0 aliphatic heterocycles. The number of rotatable bonds is 4. The molecule has 2 rings (SSSR count). The second-order valence-electron chi connectivity index (χ2n) is 3.87. The summed E-state index contributed by atoms with van der Waals surface area (Å²) in [5, 5.41) is 0. The van der Waals surface area contributed by atoms with Crippen molar-refractivity contribution in [2.75, 3.05) is 11.4 Å². The molecule has 0 aliphatic rings. The number of carbonyl (C=O) groups excluding carboxylic acids is 2. The van der Waals surface area contributed by atoms with E-state index in [1.54, 1.807) is 0 Å². The van der Waals surface area contributed by atoms with E-state index in [1.807, 2.05) is 6.07 Å². The summed E-state index contributed by atoms with van der Waals surface area (Å²) in [5.74, 6) is -3.34. The van der Waals surface area contributed by atoms with Gasteiger partial charge in [-0.3, -0.25) is 9.18 Å². The normalized spacial score (nSPS) is 9.00. The number of carbonyl (C=O) groups is 1. The van der Waals surface area contributed by atoms with Crippen LogP contribution in [0.15, 0.2) is 36.4 Å². The Kier molecular flexibility index (Phi) is 10.1. The molecule has 116 valence electrons. The fraction of sp³-hybridized carbons (Fsp3) is 0.0667. The summed E-state index contributed by atoms with van der Waals surface area (Å²) in [5.41, 5.74) is 4.72. The van der Waals surface area contributed by atoms with Gasteiger partial charge >= 0.3 is 32.7 Å². The SMILES string of the molecule is Fc1cc[c-]cc1.NC(=O)CN([C-]=O)c1[c-]c(F)c(F)cc1.[Y+3]. The number of primary amides is 1. The second kappa shape index (κ2) is 10.9. The Morgan fingerprint density at radius 2 is 1.78 bits per heavy atom. The van der Waals surface area contributed by atoms with Crippen molar-refractivity contribution < 1.29 is 55.5 Å². The van der Waals surface area contributed by atoms with E-state index in [0.29, 0.717) is 4.90 Å². The number of anilines is 1.